The maximum Gasteiger partial charge on any atom is 0.0406 e. The fraction of sp³-hybridized carbons (Fsp3) is 0.500. The minimum atomic E-state index is 0. The smallest absolute Gasteiger partial charge is 0.0406 e. The predicted octanol–water partition coefficient (Wildman–Crippen LogP) is 3.53. The third kappa shape index (κ3) is 1.89. The number of piperidine rings is 1. The summed E-state index contributed by atoms with van der Waals surface area (Å²) in [6.45, 7) is 2.58. The maximum atomic E-state index is 5.89. The minimum Gasteiger partial charge on any atom is -0.296 e. The van der Waals surface area contributed by atoms with E-state index >= 15 is 0 Å². The van der Waals surface area contributed by atoms with Crippen molar-refractivity contribution < 1.29 is 0 Å². The van der Waals surface area contributed by atoms with E-state index < -0.39 is 0 Å². The van der Waals surface area contributed by atoms with E-state index in [0.717, 1.165) is 10.9 Å². The van der Waals surface area contributed by atoms with Crippen LogP contribution < -0.4 is 0 Å². The lowest BCUT2D eigenvalue weighted by atomic mass is 9.94. The Kier molecular flexibility index (Phi) is 3.24. The van der Waals surface area contributed by atoms with Crippen LogP contribution in [0.3, 0.4) is 0 Å². The summed E-state index contributed by atoms with van der Waals surface area (Å²) in [6, 6.07) is 9.07. The average molecular weight is 244 g/mol. The SMILES string of the molecule is Cl.Clc1ccc(C2C3CCN2CC3)cc1. The van der Waals surface area contributed by atoms with Gasteiger partial charge in [-0.3, -0.25) is 4.90 Å². The Bertz CT molecular complexity index is 316. The Morgan fingerprint density at radius 1 is 1.07 bits per heavy atom. The highest BCUT2D eigenvalue weighted by Crippen LogP contribution is 2.44. The fourth-order valence-electron chi connectivity index (χ4n) is 2.95. The normalized spacial score (nSPS) is 32.7. The molecule has 1 aromatic rings. The molecule has 0 aliphatic carbocycles. The summed E-state index contributed by atoms with van der Waals surface area (Å²) in [7, 11) is 0. The predicted molar refractivity (Wildman–Crippen MR) is 65.7 cm³/mol. The van der Waals surface area contributed by atoms with E-state index in [4.69, 9.17) is 11.6 Å². The summed E-state index contributed by atoms with van der Waals surface area (Å²) in [5, 5.41) is 0.842. The van der Waals surface area contributed by atoms with Gasteiger partial charge in [0.05, 0.1) is 0 Å². The summed E-state index contributed by atoms with van der Waals surface area (Å²) in [4.78, 5) is 2.61. The highest BCUT2D eigenvalue weighted by atomic mass is 35.5. The average Bonchev–Trinajstić information content (AvgIpc) is 2.78. The van der Waals surface area contributed by atoms with Crippen LogP contribution in [0.4, 0.5) is 0 Å². The highest BCUT2D eigenvalue weighted by Gasteiger charge is 2.40. The van der Waals surface area contributed by atoms with Crippen molar-refractivity contribution in [2.45, 2.75) is 18.9 Å². The summed E-state index contributed by atoms with van der Waals surface area (Å²) < 4.78 is 0. The van der Waals surface area contributed by atoms with E-state index in [1.807, 2.05) is 12.1 Å². The third-order valence-electron chi connectivity index (χ3n) is 3.63. The number of nitrogens with zero attached hydrogens (tertiary/aromatic N) is 1. The first-order valence-corrected chi connectivity index (χ1v) is 5.72. The lowest BCUT2D eigenvalue weighted by Gasteiger charge is -2.19. The molecule has 0 amide bonds. The zero-order chi connectivity index (χ0) is 9.54. The Hall–Kier alpha value is -0.240. The van der Waals surface area contributed by atoms with Gasteiger partial charge >= 0.3 is 0 Å². The molecule has 0 saturated carbocycles. The number of hydrogen-bond acceptors (Lipinski definition) is 1. The molecule has 0 N–H and O–H groups in total. The van der Waals surface area contributed by atoms with Crippen molar-refractivity contribution in [1.29, 1.82) is 0 Å². The molecule has 0 spiro atoms. The van der Waals surface area contributed by atoms with E-state index in [9.17, 15) is 0 Å². The lowest BCUT2D eigenvalue weighted by Crippen LogP contribution is -2.19. The van der Waals surface area contributed by atoms with Gasteiger partial charge in [-0.1, -0.05) is 23.7 Å². The van der Waals surface area contributed by atoms with Crippen LogP contribution in [0.15, 0.2) is 24.3 Å². The zero-order valence-electron chi connectivity index (χ0n) is 8.53. The molecule has 1 nitrogen and oxygen atoms in total. The lowest BCUT2D eigenvalue weighted by molar-refractivity contribution is 0.305. The molecule has 1 unspecified atom stereocenters. The van der Waals surface area contributed by atoms with E-state index in [0.29, 0.717) is 6.04 Å². The Balaban J connectivity index is 0.000000853. The molecule has 0 radical (unpaired) electrons. The van der Waals surface area contributed by atoms with Gasteiger partial charge in [0.2, 0.25) is 0 Å². The van der Waals surface area contributed by atoms with E-state index in [1.165, 1.54) is 31.5 Å². The summed E-state index contributed by atoms with van der Waals surface area (Å²) in [5.74, 6) is 0.899. The van der Waals surface area contributed by atoms with Crippen molar-refractivity contribution in [2.75, 3.05) is 13.1 Å². The molecule has 2 aliphatic rings. The summed E-state index contributed by atoms with van der Waals surface area (Å²) in [6.07, 6.45) is 2.76. The molecule has 2 aliphatic heterocycles. The first kappa shape index (κ1) is 11.3. The van der Waals surface area contributed by atoms with Gasteiger partial charge in [0.25, 0.3) is 0 Å². The van der Waals surface area contributed by atoms with Crippen molar-refractivity contribution >= 4 is 24.0 Å². The second kappa shape index (κ2) is 4.32. The quantitative estimate of drug-likeness (QED) is 0.730. The summed E-state index contributed by atoms with van der Waals surface area (Å²) >= 11 is 5.89. The van der Waals surface area contributed by atoms with Crippen LogP contribution in [0, 0.1) is 5.92 Å². The maximum absolute atomic E-state index is 5.89. The number of benzene rings is 1. The monoisotopic (exact) mass is 243 g/mol. The molecule has 15 heavy (non-hydrogen) atoms. The summed E-state index contributed by atoms with van der Waals surface area (Å²) in [5.41, 5.74) is 1.45. The van der Waals surface area contributed by atoms with Crippen molar-refractivity contribution in [3.8, 4) is 0 Å². The molecule has 3 rings (SSSR count). The minimum absolute atomic E-state index is 0. The van der Waals surface area contributed by atoms with Crippen molar-refractivity contribution in [3.05, 3.63) is 34.9 Å². The largest absolute Gasteiger partial charge is 0.296 e. The van der Waals surface area contributed by atoms with Crippen molar-refractivity contribution in [2.24, 2.45) is 5.92 Å². The molecule has 2 fully saturated rings. The molecule has 2 saturated heterocycles. The van der Waals surface area contributed by atoms with Gasteiger partial charge in [-0.25, -0.2) is 0 Å². The fourth-order valence-corrected chi connectivity index (χ4v) is 3.08. The molecule has 1 aromatic carbocycles. The van der Waals surface area contributed by atoms with Crippen LogP contribution >= 0.6 is 24.0 Å². The van der Waals surface area contributed by atoms with Crippen LogP contribution in [0.25, 0.3) is 0 Å². The van der Waals surface area contributed by atoms with Crippen molar-refractivity contribution in [1.82, 2.24) is 4.90 Å². The first-order valence-electron chi connectivity index (χ1n) is 5.34. The number of fused-ring (bicyclic) bond motifs is 2. The third-order valence-corrected chi connectivity index (χ3v) is 3.88. The molecule has 2 bridgehead atoms. The molecular formula is C12H15Cl2N. The van der Waals surface area contributed by atoms with Crippen molar-refractivity contribution in [3.63, 3.8) is 0 Å². The Morgan fingerprint density at radius 3 is 2.13 bits per heavy atom. The Labute approximate surface area is 102 Å². The van der Waals surface area contributed by atoms with Gasteiger partial charge in [0.15, 0.2) is 0 Å². The van der Waals surface area contributed by atoms with Crippen LogP contribution in [0.1, 0.15) is 24.4 Å². The van der Waals surface area contributed by atoms with E-state index in [1.54, 1.807) is 0 Å². The molecule has 82 valence electrons. The van der Waals surface area contributed by atoms with E-state index in [-0.39, 0.29) is 12.4 Å². The molecule has 2 heterocycles. The first-order chi connectivity index (χ1) is 6.84. The van der Waals surface area contributed by atoms with Crippen LogP contribution in [0.2, 0.25) is 5.02 Å². The van der Waals surface area contributed by atoms with Gasteiger partial charge in [-0.05, 0) is 49.5 Å². The van der Waals surface area contributed by atoms with E-state index in [2.05, 4.69) is 17.0 Å². The zero-order valence-corrected chi connectivity index (χ0v) is 10.1. The van der Waals surface area contributed by atoms with Gasteiger partial charge in [0.1, 0.15) is 0 Å². The van der Waals surface area contributed by atoms with Gasteiger partial charge < -0.3 is 0 Å². The van der Waals surface area contributed by atoms with Gasteiger partial charge in [-0.15, -0.1) is 12.4 Å². The Morgan fingerprint density at radius 2 is 1.67 bits per heavy atom. The van der Waals surface area contributed by atoms with Crippen LogP contribution in [0.5, 0.6) is 0 Å². The second-order valence-electron chi connectivity index (χ2n) is 4.37. The highest BCUT2D eigenvalue weighted by molar-refractivity contribution is 6.30. The molecule has 1 atom stereocenters. The second-order valence-corrected chi connectivity index (χ2v) is 4.81. The number of rotatable bonds is 1. The molecular weight excluding hydrogens is 229 g/mol. The van der Waals surface area contributed by atoms with Gasteiger partial charge in [0, 0.05) is 11.1 Å². The topological polar surface area (TPSA) is 3.24 Å². The molecule has 0 aromatic heterocycles. The van der Waals surface area contributed by atoms with Crippen LogP contribution in [-0.2, 0) is 0 Å². The standard InChI is InChI=1S/C12H14ClN.ClH/c13-11-3-1-9(2-4-11)12-10-5-7-14(12)8-6-10;/h1-4,10,12H,5-8H2;1H. The number of hydrogen-bond donors (Lipinski definition) is 0. The van der Waals surface area contributed by atoms with Gasteiger partial charge in [-0.2, -0.15) is 0 Å². The van der Waals surface area contributed by atoms with Crippen LogP contribution in [-0.4, -0.2) is 18.0 Å². The molecule has 3 heteroatoms. The number of halogens is 2.